The van der Waals surface area contributed by atoms with E-state index in [1.165, 1.54) is 17.5 Å². The number of aryl methyl sites for hydroxylation is 2. The fourth-order valence-electron chi connectivity index (χ4n) is 3.17. The normalized spacial score (nSPS) is 12.9. The van der Waals surface area contributed by atoms with E-state index in [2.05, 4.69) is 6.07 Å². The Morgan fingerprint density at radius 1 is 0.880 bits per heavy atom. The molecule has 25 heavy (non-hydrogen) atoms. The summed E-state index contributed by atoms with van der Waals surface area (Å²) in [5.74, 6) is 1.77. The molecule has 0 bridgehead atoms. The van der Waals surface area contributed by atoms with Crippen molar-refractivity contribution < 1.29 is 19.0 Å². The van der Waals surface area contributed by atoms with Crippen LogP contribution in [0.2, 0.25) is 0 Å². The van der Waals surface area contributed by atoms with Crippen molar-refractivity contribution in [2.24, 2.45) is 0 Å². The van der Waals surface area contributed by atoms with E-state index in [4.69, 9.17) is 14.2 Å². The first kappa shape index (κ1) is 17.1. The van der Waals surface area contributed by atoms with Crippen molar-refractivity contribution in [1.29, 1.82) is 0 Å². The van der Waals surface area contributed by atoms with Crippen LogP contribution in [-0.2, 0) is 12.8 Å². The minimum Gasteiger partial charge on any atom is -0.496 e. The SMILES string of the molecule is COc1cc(OC)c(OC)cc1/C=C/C(=O)c1ccc2c(c1)CCC2. The molecule has 0 atom stereocenters. The standard InChI is InChI=1S/C21H22O4/c1-23-19-13-21(25-3)20(24-2)12-17(19)9-10-18(22)16-8-7-14-5-4-6-15(14)11-16/h7-13H,4-6H2,1-3H3/b10-9+. The summed E-state index contributed by atoms with van der Waals surface area (Å²) in [6.45, 7) is 0. The summed E-state index contributed by atoms with van der Waals surface area (Å²) in [4.78, 5) is 12.5. The Bertz CT molecular complexity index is 821. The molecule has 0 saturated heterocycles. The lowest BCUT2D eigenvalue weighted by Gasteiger charge is -2.12. The third kappa shape index (κ3) is 3.53. The van der Waals surface area contributed by atoms with E-state index >= 15 is 0 Å². The number of carbonyl (C=O) groups excluding carboxylic acids is 1. The summed E-state index contributed by atoms with van der Waals surface area (Å²) in [5, 5.41) is 0. The van der Waals surface area contributed by atoms with Crippen LogP contribution < -0.4 is 14.2 Å². The molecule has 130 valence electrons. The summed E-state index contributed by atoms with van der Waals surface area (Å²) in [5.41, 5.74) is 4.14. The quantitative estimate of drug-likeness (QED) is 0.588. The predicted molar refractivity (Wildman–Crippen MR) is 97.9 cm³/mol. The van der Waals surface area contributed by atoms with Crippen molar-refractivity contribution >= 4 is 11.9 Å². The molecule has 0 radical (unpaired) electrons. The molecule has 0 heterocycles. The number of fused-ring (bicyclic) bond motifs is 1. The van der Waals surface area contributed by atoms with Crippen LogP contribution in [0.25, 0.3) is 6.08 Å². The van der Waals surface area contributed by atoms with Crippen molar-refractivity contribution in [2.45, 2.75) is 19.3 Å². The molecule has 0 amide bonds. The zero-order valence-corrected chi connectivity index (χ0v) is 14.8. The summed E-state index contributed by atoms with van der Waals surface area (Å²) < 4.78 is 16.0. The highest BCUT2D eigenvalue weighted by Gasteiger charge is 2.14. The van der Waals surface area contributed by atoms with Gasteiger partial charge in [-0.15, -0.1) is 0 Å². The lowest BCUT2D eigenvalue weighted by molar-refractivity contribution is 0.104. The van der Waals surface area contributed by atoms with E-state index in [1.807, 2.05) is 12.1 Å². The molecule has 1 aliphatic rings. The van der Waals surface area contributed by atoms with E-state index in [0.29, 0.717) is 17.2 Å². The second kappa shape index (κ2) is 7.43. The van der Waals surface area contributed by atoms with Gasteiger partial charge in [0.05, 0.1) is 21.3 Å². The second-order valence-corrected chi connectivity index (χ2v) is 5.98. The number of methoxy groups -OCH3 is 3. The largest absolute Gasteiger partial charge is 0.496 e. The molecule has 0 fully saturated rings. The number of carbonyl (C=O) groups is 1. The van der Waals surface area contributed by atoms with Crippen molar-refractivity contribution in [3.8, 4) is 17.2 Å². The zero-order valence-electron chi connectivity index (χ0n) is 14.8. The number of rotatable bonds is 6. The Morgan fingerprint density at radius 2 is 1.56 bits per heavy atom. The zero-order chi connectivity index (χ0) is 17.8. The number of ether oxygens (including phenoxy) is 3. The minimum absolute atomic E-state index is 0.0217. The molecule has 0 spiro atoms. The van der Waals surface area contributed by atoms with E-state index in [-0.39, 0.29) is 5.78 Å². The maximum atomic E-state index is 12.5. The van der Waals surface area contributed by atoms with Crippen molar-refractivity contribution in [2.75, 3.05) is 21.3 Å². The van der Waals surface area contributed by atoms with E-state index in [0.717, 1.165) is 24.0 Å². The first-order chi connectivity index (χ1) is 12.2. The van der Waals surface area contributed by atoms with Gasteiger partial charge in [0.1, 0.15) is 5.75 Å². The first-order valence-electron chi connectivity index (χ1n) is 8.30. The molecule has 0 N–H and O–H groups in total. The number of benzene rings is 2. The van der Waals surface area contributed by atoms with Gasteiger partial charge < -0.3 is 14.2 Å². The van der Waals surface area contributed by atoms with Crippen LogP contribution in [0, 0.1) is 0 Å². The Morgan fingerprint density at radius 3 is 2.28 bits per heavy atom. The molecule has 4 nitrogen and oxygen atoms in total. The van der Waals surface area contributed by atoms with Crippen LogP contribution in [-0.4, -0.2) is 27.1 Å². The summed E-state index contributed by atoms with van der Waals surface area (Å²) >= 11 is 0. The van der Waals surface area contributed by atoms with Gasteiger partial charge in [-0.05, 0) is 54.7 Å². The van der Waals surface area contributed by atoms with Crippen LogP contribution in [0.1, 0.15) is 33.5 Å². The smallest absolute Gasteiger partial charge is 0.185 e. The maximum Gasteiger partial charge on any atom is 0.185 e. The van der Waals surface area contributed by atoms with E-state index in [9.17, 15) is 4.79 Å². The Balaban J connectivity index is 1.87. The summed E-state index contributed by atoms with van der Waals surface area (Å²) in [6, 6.07) is 9.53. The topological polar surface area (TPSA) is 44.8 Å². The fraction of sp³-hybridized carbons (Fsp3) is 0.286. The van der Waals surface area contributed by atoms with Crippen LogP contribution in [0.3, 0.4) is 0 Å². The number of hydrogen-bond donors (Lipinski definition) is 0. The summed E-state index contributed by atoms with van der Waals surface area (Å²) in [6.07, 6.45) is 6.66. The molecule has 2 aromatic rings. The monoisotopic (exact) mass is 338 g/mol. The Kier molecular flexibility index (Phi) is 5.08. The minimum atomic E-state index is -0.0217. The fourth-order valence-corrected chi connectivity index (χ4v) is 3.17. The van der Waals surface area contributed by atoms with Gasteiger partial charge in [-0.1, -0.05) is 12.1 Å². The Hall–Kier alpha value is -2.75. The van der Waals surface area contributed by atoms with Crippen LogP contribution in [0.15, 0.2) is 36.4 Å². The highest BCUT2D eigenvalue weighted by atomic mass is 16.5. The van der Waals surface area contributed by atoms with Crippen LogP contribution in [0.5, 0.6) is 17.2 Å². The number of allylic oxidation sites excluding steroid dienone is 1. The average molecular weight is 338 g/mol. The third-order valence-electron chi connectivity index (χ3n) is 4.53. The highest BCUT2D eigenvalue weighted by molar-refractivity contribution is 6.07. The molecular formula is C21H22O4. The predicted octanol–water partition coefficient (Wildman–Crippen LogP) is 4.10. The van der Waals surface area contributed by atoms with Crippen LogP contribution in [0.4, 0.5) is 0 Å². The van der Waals surface area contributed by atoms with Gasteiger partial charge in [0.2, 0.25) is 0 Å². The van der Waals surface area contributed by atoms with Crippen LogP contribution >= 0.6 is 0 Å². The molecule has 2 aromatic carbocycles. The van der Waals surface area contributed by atoms with E-state index in [1.54, 1.807) is 45.6 Å². The average Bonchev–Trinajstić information content (AvgIpc) is 3.12. The molecule has 1 aliphatic carbocycles. The molecule has 0 saturated carbocycles. The molecule has 0 aromatic heterocycles. The molecule has 0 aliphatic heterocycles. The lowest BCUT2D eigenvalue weighted by Crippen LogP contribution is -1.97. The third-order valence-corrected chi connectivity index (χ3v) is 4.53. The van der Waals surface area contributed by atoms with Gasteiger partial charge in [0.25, 0.3) is 0 Å². The van der Waals surface area contributed by atoms with E-state index < -0.39 is 0 Å². The van der Waals surface area contributed by atoms with Crippen molar-refractivity contribution in [3.05, 3.63) is 58.7 Å². The van der Waals surface area contributed by atoms with Gasteiger partial charge in [0, 0.05) is 17.2 Å². The molecule has 4 heteroatoms. The molecule has 0 unspecified atom stereocenters. The highest BCUT2D eigenvalue weighted by Crippen LogP contribution is 2.35. The second-order valence-electron chi connectivity index (χ2n) is 5.98. The van der Waals surface area contributed by atoms with Crippen molar-refractivity contribution in [3.63, 3.8) is 0 Å². The van der Waals surface area contributed by atoms with Gasteiger partial charge in [-0.25, -0.2) is 0 Å². The van der Waals surface area contributed by atoms with Gasteiger partial charge in [0.15, 0.2) is 17.3 Å². The summed E-state index contributed by atoms with van der Waals surface area (Å²) in [7, 11) is 4.73. The Labute approximate surface area is 148 Å². The lowest BCUT2D eigenvalue weighted by atomic mass is 10.0. The number of ketones is 1. The van der Waals surface area contributed by atoms with Crippen molar-refractivity contribution in [1.82, 2.24) is 0 Å². The van der Waals surface area contributed by atoms with Gasteiger partial charge >= 0.3 is 0 Å². The van der Waals surface area contributed by atoms with Gasteiger partial charge in [-0.3, -0.25) is 4.79 Å². The first-order valence-corrected chi connectivity index (χ1v) is 8.30. The maximum absolute atomic E-state index is 12.5. The molecular weight excluding hydrogens is 316 g/mol. The van der Waals surface area contributed by atoms with Gasteiger partial charge in [-0.2, -0.15) is 0 Å². The molecule has 3 rings (SSSR count). The number of hydrogen-bond acceptors (Lipinski definition) is 4.